The lowest BCUT2D eigenvalue weighted by Crippen LogP contribution is -2.38. The first-order valence-electron chi connectivity index (χ1n) is 6.15. The van der Waals surface area contributed by atoms with Crippen molar-refractivity contribution in [3.8, 4) is 0 Å². The van der Waals surface area contributed by atoms with Crippen LogP contribution in [0, 0.1) is 5.41 Å². The van der Waals surface area contributed by atoms with Crippen molar-refractivity contribution in [2.75, 3.05) is 6.61 Å². The van der Waals surface area contributed by atoms with Crippen LogP contribution in [-0.2, 0) is 14.3 Å². The lowest BCUT2D eigenvalue weighted by atomic mass is 9.73. The summed E-state index contributed by atoms with van der Waals surface area (Å²) in [6, 6.07) is 0. The molecule has 0 radical (unpaired) electrons. The summed E-state index contributed by atoms with van der Waals surface area (Å²) in [5.41, 5.74) is 1.46. The molecule has 1 N–H and O–H groups in total. The van der Waals surface area contributed by atoms with E-state index in [1.54, 1.807) is 19.1 Å². The number of allylic oxidation sites excluding steroid dienone is 2. The van der Waals surface area contributed by atoms with Gasteiger partial charge in [-0.2, -0.15) is 0 Å². The van der Waals surface area contributed by atoms with Crippen LogP contribution in [0.2, 0.25) is 0 Å². The largest absolute Gasteiger partial charge is 0.454 e. The van der Waals surface area contributed by atoms with Crippen LogP contribution in [0.25, 0.3) is 0 Å². The third-order valence-electron chi connectivity index (χ3n) is 3.31. The highest BCUT2D eigenvalue weighted by atomic mass is 16.5. The van der Waals surface area contributed by atoms with Crippen molar-refractivity contribution in [3.05, 3.63) is 34.9 Å². The Morgan fingerprint density at radius 3 is 2.63 bits per heavy atom. The molecule has 0 aromatic heterocycles. The molecule has 0 aromatic carbocycles. The molecule has 0 bridgehead atoms. The fourth-order valence-electron chi connectivity index (χ4n) is 2.07. The molecular weight excluding hydrogens is 244 g/mol. The second kappa shape index (κ2) is 5.97. The number of hydrogen-bond donors (Lipinski definition) is 1. The molecule has 1 aliphatic rings. The van der Waals surface area contributed by atoms with Gasteiger partial charge in [-0.3, -0.25) is 4.79 Å². The fourth-order valence-corrected chi connectivity index (χ4v) is 2.07. The minimum absolute atomic E-state index is 0.183. The summed E-state index contributed by atoms with van der Waals surface area (Å²) in [6.45, 7) is 7.05. The Kier molecular flexibility index (Phi) is 4.84. The van der Waals surface area contributed by atoms with E-state index >= 15 is 0 Å². The predicted molar refractivity (Wildman–Crippen MR) is 72.4 cm³/mol. The Hall–Kier alpha value is -1.68. The van der Waals surface area contributed by atoms with Crippen molar-refractivity contribution in [3.63, 3.8) is 0 Å². The molecule has 4 nitrogen and oxygen atoms in total. The van der Waals surface area contributed by atoms with Crippen molar-refractivity contribution in [2.24, 2.45) is 5.41 Å². The first-order chi connectivity index (χ1) is 8.82. The van der Waals surface area contributed by atoms with Gasteiger partial charge in [0.1, 0.15) is 12.4 Å². The number of esters is 1. The molecule has 4 heteroatoms. The molecule has 0 saturated heterocycles. The van der Waals surface area contributed by atoms with Gasteiger partial charge in [-0.1, -0.05) is 26.0 Å². The molecule has 1 atom stereocenters. The average molecular weight is 264 g/mol. The topological polar surface area (TPSA) is 63.6 Å². The van der Waals surface area contributed by atoms with Crippen molar-refractivity contribution in [2.45, 2.75) is 33.8 Å². The third kappa shape index (κ3) is 3.41. The molecule has 0 heterocycles. The van der Waals surface area contributed by atoms with E-state index in [2.05, 4.69) is 0 Å². The molecular formula is C15H20O4. The molecule has 1 rings (SSSR count). The van der Waals surface area contributed by atoms with E-state index in [0.717, 1.165) is 11.9 Å². The lowest BCUT2D eigenvalue weighted by molar-refractivity contribution is -0.145. The summed E-state index contributed by atoms with van der Waals surface area (Å²) in [5.74, 6) is -0.510. The van der Waals surface area contributed by atoms with Gasteiger partial charge >= 0.3 is 5.97 Å². The maximum absolute atomic E-state index is 11.8. The van der Waals surface area contributed by atoms with Crippen molar-refractivity contribution >= 4 is 12.3 Å². The Morgan fingerprint density at radius 1 is 1.47 bits per heavy atom. The summed E-state index contributed by atoms with van der Waals surface area (Å²) in [6.07, 6.45) is 5.12. The average Bonchev–Trinajstić information content (AvgIpc) is 2.34. The summed E-state index contributed by atoms with van der Waals surface area (Å²) in [4.78, 5) is 22.8. The third-order valence-corrected chi connectivity index (χ3v) is 3.31. The minimum Gasteiger partial charge on any atom is -0.454 e. The molecule has 0 aliphatic heterocycles. The van der Waals surface area contributed by atoms with Crippen LogP contribution in [0.15, 0.2) is 34.9 Å². The van der Waals surface area contributed by atoms with Gasteiger partial charge < -0.3 is 9.84 Å². The van der Waals surface area contributed by atoms with Gasteiger partial charge in [0.2, 0.25) is 0 Å². The monoisotopic (exact) mass is 264 g/mol. The van der Waals surface area contributed by atoms with E-state index in [1.165, 1.54) is 6.08 Å². The zero-order valence-corrected chi connectivity index (χ0v) is 11.8. The second-order valence-corrected chi connectivity index (χ2v) is 5.34. The van der Waals surface area contributed by atoms with E-state index in [0.29, 0.717) is 11.1 Å². The van der Waals surface area contributed by atoms with Gasteiger partial charge in [-0.25, -0.2) is 4.79 Å². The quantitative estimate of drug-likeness (QED) is 0.479. The number of hydrogen-bond acceptors (Lipinski definition) is 4. The molecule has 0 saturated carbocycles. The normalized spacial score (nSPS) is 22.4. The molecule has 104 valence electrons. The first-order valence-corrected chi connectivity index (χ1v) is 6.15. The maximum atomic E-state index is 11.8. The van der Waals surface area contributed by atoms with Crippen LogP contribution in [0.1, 0.15) is 27.7 Å². The Morgan fingerprint density at radius 2 is 2.11 bits per heavy atom. The molecule has 1 aliphatic carbocycles. The van der Waals surface area contributed by atoms with Crippen molar-refractivity contribution in [1.82, 2.24) is 0 Å². The zero-order chi connectivity index (χ0) is 14.6. The van der Waals surface area contributed by atoms with Gasteiger partial charge in [0.25, 0.3) is 0 Å². The fraction of sp³-hybridized carbons (Fsp3) is 0.467. The number of carbonyl (C=O) groups excluding carboxylic acids is 2. The van der Waals surface area contributed by atoms with E-state index in [4.69, 9.17) is 9.84 Å². The standard InChI is InChI=1S/C15H20O4/c1-10(8-16)7-13(18)19-14-11(2)5-6-12(9-17)15(14,3)4/h5-7,9,14,16H,8H2,1-4H3. The maximum Gasteiger partial charge on any atom is 0.331 e. The lowest BCUT2D eigenvalue weighted by Gasteiger charge is -2.36. The molecule has 0 fully saturated rings. The van der Waals surface area contributed by atoms with Crippen LogP contribution in [-0.4, -0.2) is 30.1 Å². The van der Waals surface area contributed by atoms with Crippen LogP contribution in [0.4, 0.5) is 0 Å². The highest BCUT2D eigenvalue weighted by molar-refractivity contribution is 5.84. The number of aldehydes is 1. The van der Waals surface area contributed by atoms with Gasteiger partial charge in [0.05, 0.1) is 6.61 Å². The summed E-state index contributed by atoms with van der Waals surface area (Å²) < 4.78 is 5.43. The van der Waals surface area contributed by atoms with Crippen LogP contribution in [0.3, 0.4) is 0 Å². The summed E-state index contributed by atoms with van der Waals surface area (Å²) in [5, 5.41) is 8.88. The van der Waals surface area contributed by atoms with Crippen LogP contribution < -0.4 is 0 Å². The zero-order valence-electron chi connectivity index (χ0n) is 11.8. The van der Waals surface area contributed by atoms with Gasteiger partial charge in [-0.05, 0) is 25.0 Å². The number of rotatable bonds is 4. The van der Waals surface area contributed by atoms with E-state index in [1.807, 2.05) is 20.8 Å². The van der Waals surface area contributed by atoms with Crippen LogP contribution in [0.5, 0.6) is 0 Å². The predicted octanol–water partition coefficient (Wildman–Crippen LogP) is 1.95. The van der Waals surface area contributed by atoms with Gasteiger partial charge in [0, 0.05) is 17.1 Å². The van der Waals surface area contributed by atoms with E-state index in [9.17, 15) is 9.59 Å². The molecule has 0 amide bonds. The molecule has 1 unspecified atom stereocenters. The Bertz CT molecular complexity index is 467. The summed E-state index contributed by atoms with van der Waals surface area (Å²) >= 11 is 0. The second-order valence-electron chi connectivity index (χ2n) is 5.34. The highest BCUT2D eigenvalue weighted by Gasteiger charge is 2.38. The Balaban J connectivity index is 2.95. The minimum atomic E-state index is -0.558. The Labute approximate surface area is 113 Å². The van der Waals surface area contributed by atoms with Crippen molar-refractivity contribution < 1.29 is 19.4 Å². The number of aliphatic hydroxyl groups excluding tert-OH is 1. The van der Waals surface area contributed by atoms with Gasteiger partial charge in [-0.15, -0.1) is 0 Å². The van der Waals surface area contributed by atoms with Gasteiger partial charge in [0.15, 0.2) is 0 Å². The van der Waals surface area contributed by atoms with Crippen LogP contribution >= 0.6 is 0 Å². The summed E-state index contributed by atoms with van der Waals surface area (Å²) in [7, 11) is 0. The van der Waals surface area contributed by atoms with E-state index in [-0.39, 0.29) is 6.61 Å². The number of carbonyl (C=O) groups is 2. The van der Waals surface area contributed by atoms with E-state index < -0.39 is 17.5 Å². The first kappa shape index (κ1) is 15.4. The molecule has 0 aromatic rings. The number of ether oxygens (including phenoxy) is 1. The SMILES string of the molecule is CC(=CC(=O)OC1C(C)=CC=C(C=O)C1(C)C)CO. The highest BCUT2D eigenvalue weighted by Crippen LogP contribution is 2.38. The molecule has 0 spiro atoms. The van der Waals surface area contributed by atoms with Crippen molar-refractivity contribution in [1.29, 1.82) is 0 Å². The smallest absolute Gasteiger partial charge is 0.331 e. The number of aliphatic hydroxyl groups is 1. The molecule has 19 heavy (non-hydrogen) atoms.